The van der Waals surface area contributed by atoms with Gasteiger partial charge in [-0.15, -0.1) is 0 Å². The van der Waals surface area contributed by atoms with Gasteiger partial charge in [0.05, 0.1) is 11.9 Å². The number of fused-ring (bicyclic) bond motifs is 1. The first-order valence-electron chi connectivity index (χ1n) is 6.58. The highest BCUT2D eigenvalue weighted by atomic mass is 32.1. The number of carboxylic acids is 1. The van der Waals surface area contributed by atoms with Crippen LogP contribution in [0.2, 0.25) is 0 Å². The van der Waals surface area contributed by atoms with E-state index in [0.717, 1.165) is 41.7 Å². The Labute approximate surface area is 115 Å². The van der Waals surface area contributed by atoms with Crippen LogP contribution in [0.4, 0.5) is 5.00 Å². The molecule has 1 aliphatic rings. The topological polar surface area (TPSA) is 53.4 Å². The highest BCUT2D eigenvalue weighted by molar-refractivity contribution is 7.11. The molecule has 0 spiro atoms. The van der Waals surface area contributed by atoms with E-state index >= 15 is 0 Å². The number of carbonyl (C=O) groups is 1. The summed E-state index contributed by atoms with van der Waals surface area (Å²) in [6.07, 6.45) is 3.41. The number of anilines is 1. The Hall–Kier alpha value is -1.62. The van der Waals surface area contributed by atoms with Crippen LogP contribution < -0.4 is 4.90 Å². The van der Waals surface area contributed by atoms with Crippen molar-refractivity contribution >= 4 is 33.4 Å². The average Bonchev–Trinajstić information content (AvgIpc) is 2.82. The molecule has 2 aromatic rings. The Morgan fingerprint density at radius 2 is 2.26 bits per heavy atom. The van der Waals surface area contributed by atoms with Crippen LogP contribution in [-0.4, -0.2) is 28.0 Å². The van der Waals surface area contributed by atoms with Crippen molar-refractivity contribution in [1.82, 2.24) is 4.37 Å². The average molecular weight is 276 g/mol. The minimum atomic E-state index is -0.717. The van der Waals surface area contributed by atoms with E-state index in [1.165, 1.54) is 11.5 Å². The third-order valence-electron chi connectivity index (χ3n) is 3.66. The van der Waals surface area contributed by atoms with Crippen LogP contribution in [0.15, 0.2) is 24.3 Å². The fraction of sp³-hybridized carbons (Fsp3) is 0.429. The molecule has 3 rings (SSSR count). The molecule has 1 aliphatic heterocycles. The number of hydrogen-bond donors (Lipinski definition) is 1. The number of rotatable bonds is 3. The van der Waals surface area contributed by atoms with Crippen molar-refractivity contribution in [2.24, 2.45) is 0 Å². The van der Waals surface area contributed by atoms with Gasteiger partial charge in [0.2, 0.25) is 0 Å². The number of hydrogen-bond acceptors (Lipinski definition) is 4. The molecule has 0 aliphatic carbocycles. The maximum atomic E-state index is 11.0. The number of nitrogens with zero attached hydrogens (tertiary/aromatic N) is 2. The highest BCUT2D eigenvalue weighted by Crippen LogP contribution is 2.35. The van der Waals surface area contributed by atoms with E-state index in [4.69, 9.17) is 5.11 Å². The predicted molar refractivity (Wildman–Crippen MR) is 76.9 cm³/mol. The van der Waals surface area contributed by atoms with E-state index in [0.29, 0.717) is 0 Å². The lowest BCUT2D eigenvalue weighted by molar-refractivity contribution is -0.137. The fourth-order valence-corrected chi connectivity index (χ4v) is 3.72. The van der Waals surface area contributed by atoms with Gasteiger partial charge in [0.1, 0.15) is 5.00 Å². The molecule has 0 radical (unpaired) electrons. The largest absolute Gasteiger partial charge is 0.481 e. The molecule has 0 amide bonds. The van der Waals surface area contributed by atoms with Gasteiger partial charge in [0.15, 0.2) is 0 Å². The predicted octanol–water partition coefficient (Wildman–Crippen LogP) is 3.13. The number of aliphatic carboxylic acids is 1. The molecular formula is C14H16N2O2S. The van der Waals surface area contributed by atoms with E-state index in [1.807, 2.05) is 18.2 Å². The van der Waals surface area contributed by atoms with Crippen molar-refractivity contribution in [3.8, 4) is 0 Å². The van der Waals surface area contributed by atoms with Crippen LogP contribution in [0.5, 0.6) is 0 Å². The van der Waals surface area contributed by atoms with Gasteiger partial charge in [-0.05, 0) is 42.9 Å². The van der Waals surface area contributed by atoms with Crippen molar-refractivity contribution in [2.75, 3.05) is 11.4 Å². The summed E-state index contributed by atoms with van der Waals surface area (Å²) in [4.78, 5) is 13.3. The fourth-order valence-electron chi connectivity index (χ4n) is 2.76. The maximum absolute atomic E-state index is 11.0. The van der Waals surface area contributed by atoms with E-state index in [1.54, 1.807) is 0 Å². The van der Waals surface area contributed by atoms with Gasteiger partial charge in [-0.1, -0.05) is 12.1 Å². The summed E-state index contributed by atoms with van der Waals surface area (Å²) in [6, 6.07) is 8.18. The highest BCUT2D eigenvalue weighted by Gasteiger charge is 2.27. The molecule has 2 heterocycles. The van der Waals surface area contributed by atoms with Crippen LogP contribution in [0.1, 0.15) is 25.7 Å². The molecular weight excluding hydrogens is 260 g/mol. The SMILES string of the molecule is O=C(O)CC1CCCCN1c1snc2ccccc12. The van der Waals surface area contributed by atoms with Crippen LogP contribution in [-0.2, 0) is 4.79 Å². The summed E-state index contributed by atoms with van der Waals surface area (Å²) in [7, 11) is 0. The normalized spacial score (nSPS) is 19.8. The minimum Gasteiger partial charge on any atom is -0.481 e. The Morgan fingerprint density at radius 3 is 3.11 bits per heavy atom. The summed E-state index contributed by atoms with van der Waals surface area (Å²) in [5.74, 6) is -0.717. The lowest BCUT2D eigenvalue weighted by Gasteiger charge is -2.35. The van der Waals surface area contributed by atoms with Crippen LogP contribution >= 0.6 is 11.5 Å². The Bertz CT molecular complexity index is 596. The quantitative estimate of drug-likeness (QED) is 0.935. The smallest absolute Gasteiger partial charge is 0.305 e. The van der Waals surface area contributed by atoms with E-state index in [9.17, 15) is 4.79 Å². The molecule has 5 heteroatoms. The van der Waals surface area contributed by atoms with Gasteiger partial charge in [-0.25, -0.2) is 0 Å². The lowest BCUT2D eigenvalue weighted by Crippen LogP contribution is -2.40. The molecule has 1 atom stereocenters. The maximum Gasteiger partial charge on any atom is 0.305 e. The lowest BCUT2D eigenvalue weighted by atomic mass is 9.99. The summed E-state index contributed by atoms with van der Waals surface area (Å²) >= 11 is 1.48. The zero-order valence-corrected chi connectivity index (χ0v) is 11.4. The molecule has 1 saturated heterocycles. The molecule has 0 saturated carbocycles. The summed E-state index contributed by atoms with van der Waals surface area (Å²) < 4.78 is 4.46. The monoisotopic (exact) mass is 276 g/mol. The second kappa shape index (κ2) is 5.17. The van der Waals surface area contributed by atoms with Gasteiger partial charge < -0.3 is 10.0 Å². The number of aromatic nitrogens is 1. The Morgan fingerprint density at radius 1 is 1.42 bits per heavy atom. The Balaban J connectivity index is 1.95. The van der Waals surface area contributed by atoms with Gasteiger partial charge in [0, 0.05) is 18.0 Å². The Kier molecular flexibility index (Phi) is 3.38. The second-order valence-corrected chi connectivity index (χ2v) is 5.70. The zero-order valence-electron chi connectivity index (χ0n) is 10.6. The molecule has 1 aromatic heterocycles. The van der Waals surface area contributed by atoms with Crippen LogP contribution in [0.3, 0.4) is 0 Å². The van der Waals surface area contributed by atoms with Crippen molar-refractivity contribution in [1.29, 1.82) is 0 Å². The third kappa shape index (κ3) is 2.42. The number of benzene rings is 1. The standard InChI is InChI=1S/C14H16N2O2S/c17-13(18)9-10-5-3-4-8-16(10)14-11-6-1-2-7-12(11)15-19-14/h1-2,6-7,10H,3-5,8-9H2,(H,17,18). The molecule has 19 heavy (non-hydrogen) atoms. The van der Waals surface area contributed by atoms with Crippen molar-refractivity contribution in [3.63, 3.8) is 0 Å². The first-order valence-corrected chi connectivity index (χ1v) is 7.36. The molecule has 100 valence electrons. The van der Waals surface area contributed by atoms with E-state index in [-0.39, 0.29) is 12.5 Å². The third-order valence-corrected chi connectivity index (χ3v) is 4.58. The number of carboxylic acid groups (broad SMARTS) is 1. The summed E-state index contributed by atoms with van der Waals surface area (Å²) in [5.41, 5.74) is 1.00. The first kappa shape index (κ1) is 12.4. The van der Waals surface area contributed by atoms with Crippen molar-refractivity contribution < 1.29 is 9.90 Å². The van der Waals surface area contributed by atoms with Gasteiger partial charge in [-0.3, -0.25) is 4.79 Å². The summed E-state index contributed by atoms with van der Waals surface area (Å²) in [5, 5.41) is 11.3. The van der Waals surface area contributed by atoms with Crippen LogP contribution in [0.25, 0.3) is 10.9 Å². The van der Waals surface area contributed by atoms with E-state index < -0.39 is 5.97 Å². The zero-order chi connectivity index (χ0) is 13.2. The minimum absolute atomic E-state index is 0.107. The van der Waals surface area contributed by atoms with Gasteiger partial charge in [0.25, 0.3) is 0 Å². The van der Waals surface area contributed by atoms with Crippen molar-refractivity contribution in [3.05, 3.63) is 24.3 Å². The van der Waals surface area contributed by atoms with Crippen molar-refractivity contribution in [2.45, 2.75) is 31.7 Å². The first-order chi connectivity index (χ1) is 9.25. The van der Waals surface area contributed by atoms with E-state index in [2.05, 4.69) is 15.3 Å². The second-order valence-electron chi connectivity index (χ2n) is 4.95. The molecule has 0 bridgehead atoms. The van der Waals surface area contributed by atoms with Crippen LogP contribution in [0, 0.1) is 0 Å². The summed E-state index contributed by atoms with van der Waals surface area (Å²) in [6.45, 7) is 0.935. The molecule has 1 aromatic carbocycles. The van der Waals surface area contributed by atoms with Gasteiger partial charge in [-0.2, -0.15) is 4.37 Å². The number of piperidine rings is 1. The molecule has 1 fully saturated rings. The molecule has 1 unspecified atom stereocenters. The molecule has 4 nitrogen and oxygen atoms in total. The van der Waals surface area contributed by atoms with Gasteiger partial charge >= 0.3 is 5.97 Å². The molecule has 1 N–H and O–H groups in total.